The van der Waals surface area contributed by atoms with E-state index in [1.54, 1.807) is 0 Å². The van der Waals surface area contributed by atoms with Crippen molar-refractivity contribution in [3.05, 3.63) is 158 Å². The number of unbranched alkanes of at least 4 members (excludes halogenated alkanes) is 4. The number of ether oxygens (including phenoxy) is 11. The van der Waals surface area contributed by atoms with Gasteiger partial charge in [0.1, 0.15) is 22.8 Å². The highest BCUT2D eigenvalue weighted by Crippen LogP contribution is 2.43. The molecule has 1 aliphatic carbocycles. The smallest absolute Gasteiger partial charge is 0.231 e. The first-order valence-electron chi connectivity index (χ1n) is 33.9. The molecule has 6 aliphatic rings. The molecule has 0 unspecified atom stereocenters. The topological polar surface area (TPSA) is 150 Å². The van der Waals surface area contributed by atoms with E-state index in [1.807, 2.05) is 77.8 Å². The second kappa shape index (κ2) is 32.4. The Balaban J connectivity index is 0.000000128. The summed E-state index contributed by atoms with van der Waals surface area (Å²) < 4.78 is 62.1. The second-order valence-corrected chi connectivity index (χ2v) is 24.5. The summed E-state index contributed by atoms with van der Waals surface area (Å²) in [5.41, 5.74) is 7.58. The molecule has 1 saturated carbocycles. The molecular weight excluding hydrogens is 1180 g/mol. The average molecular weight is 1270 g/mol. The number of carbonyl (C=O) groups excluding carboxylic acids is 1. The van der Waals surface area contributed by atoms with Crippen LogP contribution in [0.3, 0.4) is 0 Å². The lowest BCUT2D eigenvalue weighted by atomic mass is 9.95. The van der Waals surface area contributed by atoms with Crippen molar-refractivity contribution in [3.63, 3.8) is 0 Å². The highest BCUT2D eigenvalue weighted by atomic mass is 16.7. The zero-order valence-electron chi connectivity index (χ0n) is 53.8. The van der Waals surface area contributed by atoms with Crippen molar-refractivity contribution in [1.82, 2.24) is 20.1 Å². The quantitative estimate of drug-likeness (QED) is 0.0605. The van der Waals surface area contributed by atoms with E-state index < -0.39 is 0 Å². The number of rotatable bonds is 23. The number of nitrogens with one attached hydrogen (secondary N) is 1. The number of morpholine rings is 2. The van der Waals surface area contributed by atoms with Gasteiger partial charge >= 0.3 is 0 Å². The van der Waals surface area contributed by atoms with Gasteiger partial charge in [-0.05, 0) is 169 Å². The van der Waals surface area contributed by atoms with Crippen LogP contribution in [0.5, 0.6) is 51.7 Å². The Kier molecular flexibility index (Phi) is 22.0. The van der Waals surface area contributed by atoms with E-state index in [1.165, 1.54) is 68.9 Å². The SMILES string of the molecule is O=C(CCCOc1ccc(-c2ccc3c(c2)OCO3)c2ccccc12)N1CCOCC1.c1ccc2c(-c3ccc4c(c3)OCO4)ccc(OCCCCNC3CCCCC3)c2c1.c1cnc2c(OCCCCCCN3CCOCC3)ccc(-c3ccc4c(c3)OCO4)c2c1. The van der Waals surface area contributed by atoms with Gasteiger partial charge in [-0.25, -0.2) is 0 Å². The van der Waals surface area contributed by atoms with E-state index in [2.05, 4.69) is 100 Å². The predicted molar refractivity (Wildman–Crippen MR) is 367 cm³/mol. The zero-order chi connectivity index (χ0) is 63.5. The molecule has 0 radical (unpaired) electrons. The molecule has 3 fully saturated rings. The van der Waals surface area contributed by atoms with Crippen LogP contribution in [0, 0.1) is 0 Å². The van der Waals surface area contributed by atoms with E-state index in [-0.39, 0.29) is 19.5 Å². The summed E-state index contributed by atoms with van der Waals surface area (Å²) in [6.45, 7) is 11.6. The van der Waals surface area contributed by atoms with Crippen molar-refractivity contribution in [2.45, 2.75) is 89.5 Å². The summed E-state index contributed by atoms with van der Waals surface area (Å²) in [5.74, 6) is 7.56. The number of hydrogen-bond donors (Lipinski definition) is 1. The monoisotopic (exact) mass is 1270 g/mol. The van der Waals surface area contributed by atoms with Crippen molar-refractivity contribution < 1.29 is 56.9 Å². The summed E-state index contributed by atoms with van der Waals surface area (Å²) in [6.07, 6.45) is 16.8. The molecular formula is C78H86N4O12. The Morgan fingerprint density at radius 3 is 1.49 bits per heavy atom. The molecule has 1 N–H and O–H groups in total. The van der Waals surface area contributed by atoms with Gasteiger partial charge in [0.15, 0.2) is 34.5 Å². The first-order chi connectivity index (χ1) is 46.6. The Hall–Kier alpha value is -8.80. The molecule has 8 aromatic carbocycles. The normalized spacial score (nSPS) is 15.7. The van der Waals surface area contributed by atoms with Crippen LogP contribution in [0.4, 0.5) is 0 Å². The molecule has 1 amide bonds. The summed E-state index contributed by atoms with van der Waals surface area (Å²) in [6, 6.07) is 52.2. The third-order valence-electron chi connectivity index (χ3n) is 18.3. The van der Waals surface area contributed by atoms with Crippen LogP contribution < -0.4 is 47.9 Å². The Labute approximate surface area is 551 Å². The molecule has 15 rings (SSSR count). The van der Waals surface area contributed by atoms with Crippen molar-refractivity contribution in [2.24, 2.45) is 0 Å². The third kappa shape index (κ3) is 16.2. The maximum Gasteiger partial charge on any atom is 0.231 e. The maximum atomic E-state index is 12.3. The van der Waals surface area contributed by atoms with E-state index in [9.17, 15) is 4.79 Å². The lowest BCUT2D eigenvalue weighted by Gasteiger charge is -2.26. The largest absolute Gasteiger partial charge is 0.493 e. The fraction of sp³-hybridized carbons (Fsp3) is 0.385. The molecule has 0 spiro atoms. The number of carbonyl (C=O) groups is 1. The van der Waals surface area contributed by atoms with E-state index in [0.29, 0.717) is 59.2 Å². The molecule has 94 heavy (non-hydrogen) atoms. The van der Waals surface area contributed by atoms with E-state index in [0.717, 1.165) is 171 Å². The molecule has 16 nitrogen and oxygen atoms in total. The standard InChI is InChI=1S/C27H31NO3.C26H30N2O4.C25H25NO5/c1-2-8-21(9-3-1)28-16-6-7-17-29-25-15-13-22(23-10-4-5-11-24(23)25)20-12-14-26-27(18-20)31-19-30-26;1(3-12-28-13-16-29-17-14-28)2-4-15-30-24-10-8-21(22-6-5-11-27-26(22)24)20-7-9-23-25(18-20)32-19-31-23;27-25(26-11-14-28-15-12-26)6-3-13-29-22-10-8-19(20-4-1-2-5-21(20)22)18-7-9-23-24(16-18)31-17-30-23/h4-5,10-15,18,21,28H,1-3,6-9,16-17,19H2;5-11,18H,1-4,12-17,19H2;1-2,4-5,7-10,16H,3,6,11-15,17H2. The van der Waals surface area contributed by atoms with Crippen molar-refractivity contribution >= 4 is 38.4 Å². The number of fused-ring (bicyclic) bond motifs is 6. The molecule has 9 aromatic rings. The van der Waals surface area contributed by atoms with Gasteiger partial charge in [0.25, 0.3) is 0 Å². The third-order valence-corrected chi connectivity index (χ3v) is 18.3. The number of hydrogen-bond acceptors (Lipinski definition) is 15. The van der Waals surface area contributed by atoms with Gasteiger partial charge in [-0.15, -0.1) is 0 Å². The summed E-state index contributed by atoms with van der Waals surface area (Å²) in [7, 11) is 0. The molecule has 0 atom stereocenters. The summed E-state index contributed by atoms with van der Waals surface area (Å²) >= 11 is 0. The number of amides is 1. The number of aromatic nitrogens is 1. The minimum Gasteiger partial charge on any atom is -0.493 e. The molecule has 2 saturated heterocycles. The van der Waals surface area contributed by atoms with Crippen LogP contribution in [-0.4, -0.2) is 133 Å². The van der Waals surface area contributed by atoms with Crippen LogP contribution in [0.1, 0.15) is 83.5 Å². The lowest BCUT2D eigenvalue weighted by Crippen LogP contribution is -2.40. The van der Waals surface area contributed by atoms with Gasteiger partial charge in [0, 0.05) is 61.0 Å². The molecule has 490 valence electrons. The van der Waals surface area contributed by atoms with Gasteiger partial charge in [-0.1, -0.05) is 117 Å². The molecule has 16 heteroatoms. The predicted octanol–water partition coefficient (Wildman–Crippen LogP) is 15.5. The average Bonchev–Trinajstić information content (AvgIpc) is 1.11. The fourth-order valence-corrected chi connectivity index (χ4v) is 13.2. The van der Waals surface area contributed by atoms with Crippen molar-refractivity contribution in [3.8, 4) is 85.1 Å². The molecule has 6 heterocycles. The molecule has 1 aromatic heterocycles. The molecule has 5 aliphatic heterocycles. The van der Waals surface area contributed by atoms with Gasteiger partial charge in [-0.3, -0.25) is 14.7 Å². The van der Waals surface area contributed by atoms with E-state index >= 15 is 0 Å². The second-order valence-electron chi connectivity index (χ2n) is 24.5. The first kappa shape index (κ1) is 63.9. The number of pyridine rings is 1. The summed E-state index contributed by atoms with van der Waals surface area (Å²) in [5, 5.41) is 9.31. The van der Waals surface area contributed by atoms with Crippen LogP contribution >= 0.6 is 0 Å². The maximum absolute atomic E-state index is 12.3. The number of nitrogens with zero attached hydrogens (tertiary/aromatic N) is 3. The lowest BCUT2D eigenvalue weighted by molar-refractivity contribution is -0.135. The van der Waals surface area contributed by atoms with Crippen molar-refractivity contribution in [1.29, 1.82) is 0 Å². The van der Waals surface area contributed by atoms with Crippen LogP contribution in [0.15, 0.2) is 158 Å². The van der Waals surface area contributed by atoms with Gasteiger partial charge in [-0.2, -0.15) is 0 Å². The van der Waals surface area contributed by atoms with Gasteiger partial charge < -0.3 is 62.3 Å². The first-order valence-corrected chi connectivity index (χ1v) is 33.9. The minimum absolute atomic E-state index is 0.176. The Morgan fingerprint density at radius 2 is 0.915 bits per heavy atom. The van der Waals surface area contributed by atoms with Crippen LogP contribution in [0.25, 0.3) is 65.8 Å². The number of benzene rings is 8. The van der Waals surface area contributed by atoms with E-state index in [4.69, 9.17) is 52.1 Å². The van der Waals surface area contributed by atoms with Crippen LogP contribution in [0.2, 0.25) is 0 Å². The summed E-state index contributed by atoms with van der Waals surface area (Å²) in [4.78, 5) is 21.3. The van der Waals surface area contributed by atoms with Crippen LogP contribution in [-0.2, 0) is 14.3 Å². The fourth-order valence-electron chi connectivity index (χ4n) is 13.2. The molecule has 0 bridgehead atoms. The van der Waals surface area contributed by atoms with Gasteiger partial charge in [0.05, 0.1) is 46.2 Å². The minimum atomic E-state index is 0.176. The highest BCUT2D eigenvalue weighted by Gasteiger charge is 2.22. The van der Waals surface area contributed by atoms with Crippen molar-refractivity contribution in [2.75, 3.05) is 106 Å². The van der Waals surface area contributed by atoms with Gasteiger partial charge in [0.2, 0.25) is 26.3 Å². The zero-order valence-corrected chi connectivity index (χ0v) is 53.8. The Morgan fingerprint density at radius 1 is 0.447 bits per heavy atom. The highest BCUT2D eigenvalue weighted by molar-refractivity contribution is 6.02. The Bertz CT molecular complexity index is 3980.